The van der Waals surface area contributed by atoms with Crippen molar-refractivity contribution in [2.75, 3.05) is 19.3 Å². The standard InChI is InChI=1S/C23H34N4S/c1-7-10-20-17(4)13-16(3)14-19(20)15-24-11-9-12-25-23-26-18(5)22(28-6)21(8-2)27-23/h8,13-14,24H,2,5,7,9-12,15H2,1,3-4,6H3,(H2,25,26,27). The Morgan fingerprint density at radius 2 is 2.04 bits per heavy atom. The molecule has 0 spiro atoms. The predicted molar refractivity (Wildman–Crippen MR) is 125 cm³/mol. The lowest BCUT2D eigenvalue weighted by molar-refractivity contribution is 0.649. The summed E-state index contributed by atoms with van der Waals surface area (Å²) in [4.78, 5) is 5.70. The molecule has 0 amide bonds. The van der Waals surface area contributed by atoms with Crippen molar-refractivity contribution in [3.8, 4) is 0 Å². The van der Waals surface area contributed by atoms with Crippen LogP contribution in [-0.2, 0) is 13.0 Å². The first-order chi connectivity index (χ1) is 13.5. The van der Waals surface area contributed by atoms with Gasteiger partial charge in [-0.05, 0) is 62.3 Å². The molecule has 0 bridgehead atoms. The van der Waals surface area contributed by atoms with Crippen molar-refractivity contribution in [1.82, 2.24) is 16.0 Å². The summed E-state index contributed by atoms with van der Waals surface area (Å²) in [5.74, 6) is 0.747. The average molecular weight is 399 g/mol. The fourth-order valence-electron chi connectivity index (χ4n) is 3.50. The van der Waals surface area contributed by atoms with Gasteiger partial charge in [0.2, 0.25) is 0 Å². The molecule has 0 saturated carbocycles. The van der Waals surface area contributed by atoms with Crippen molar-refractivity contribution < 1.29 is 0 Å². The van der Waals surface area contributed by atoms with Gasteiger partial charge in [-0.2, -0.15) is 0 Å². The summed E-state index contributed by atoms with van der Waals surface area (Å²) in [5, 5.41) is 10.1. The van der Waals surface area contributed by atoms with E-state index >= 15 is 0 Å². The summed E-state index contributed by atoms with van der Waals surface area (Å²) >= 11 is 1.65. The van der Waals surface area contributed by atoms with Crippen LogP contribution in [0.2, 0.25) is 0 Å². The number of aliphatic imine (C=N–C) groups is 1. The Labute approximate surface area is 174 Å². The number of benzene rings is 1. The minimum atomic E-state index is 0.747. The molecule has 2 rings (SSSR count). The minimum absolute atomic E-state index is 0.747. The second kappa shape index (κ2) is 11.1. The lowest BCUT2D eigenvalue weighted by Crippen LogP contribution is -2.41. The van der Waals surface area contributed by atoms with Gasteiger partial charge in [-0.25, -0.2) is 0 Å². The lowest BCUT2D eigenvalue weighted by Gasteiger charge is -2.24. The minimum Gasteiger partial charge on any atom is -0.326 e. The van der Waals surface area contributed by atoms with Crippen molar-refractivity contribution in [3.63, 3.8) is 0 Å². The van der Waals surface area contributed by atoms with Gasteiger partial charge in [0.05, 0.1) is 10.6 Å². The largest absolute Gasteiger partial charge is 0.326 e. The molecule has 3 N–H and O–H groups in total. The molecule has 0 aliphatic carbocycles. The first-order valence-electron chi connectivity index (χ1n) is 9.98. The molecule has 1 aliphatic rings. The zero-order valence-electron chi connectivity index (χ0n) is 17.7. The topological polar surface area (TPSA) is 48.5 Å². The van der Waals surface area contributed by atoms with Crippen LogP contribution in [0.15, 0.2) is 52.7 Å². The number of nitrogens with zero attached hydrogens (tertiary/aromatic N) is 1. The maximum atomic E-state index is 4.62. The number of hydrogen-bond acceptors (Lipinski definition) is 3. The maximum Gasteiger partial charge on any atom is 0.200 e. The molecule has 152 valence electrons. The van der Waals surface area contributed by atoms with E-state index in [-0.39, 0.29) is 0 Å². The van der Waals surface area contributed by atoms with Gasteiger partial charge < -0.3 is 16.0 Å². The van der Waals surface area contributed by atoms with E-state index in [1.165, 1.54) is 28.7 Å². The van der Waals surface area contributed by atoms with Crippen molar-refractivity contribution in [2.24, 2.45) is 4.99 Å². The molecule has 28 heavy (non-hydrogen) atoms. The molecule has 1 heterocycles. The number of allylic oxidation sites excluding steroid dienone is 1. The summed E-state index contributed by atoms with van der Waals surface area (Å²) in [5.41, 5.74) is 7.52. The van der Waals surface area contributed by atoms with Crippen LogP contribution in [0.5, 0.6) is 0 Å². The van der Waals surface area contributed by atoms with Crippen LogP contribution in [0.25, 0.3) is 0 Å². The number of thioether (sulfide) groups is 1. The van der Waals surface area contributed by atoms with Gasteiger partial charge in [-0.15, -0.1) is 11.8 Å². The summed E-state index contributed by atoms with van der Waals surface area (Å²) in [7, 11) is 0. The van der Waals surface area contributed by atoms with Gasteiger partial charge in [-0.1, -0.05) is 44.2 Å². The van der Waals surface area contributed by atoms with Gasteiger partial charge in [0.25, 0.3) is 0 Å². The zero-order chi connectivity index (χ0) is 20.5. The van der Waals surface area contributed by atoms with Crippen LogP contribution in [0.4, 0.5) is 0 Å². The highest BCUT2D eigenvalue weighted by atomic mass is 32.2. The zero-order valence-corrected chi connectivity index (χ0v) is 18.6. The molecule has 1 aliphatic heterocycles. The normalized spacial score (nSPS) is 15.6. The molecular weight excluding hydrogens is 364 g/mol. The number of nitrogens with one attached hydrogen (secondary N) is 3. The van der Waals surface area contributed by atoms with Crippen LogP contribution in [0.3, 0.4) is 0 Å². The summed E-state index contributed by atoms with van der Waals surface area (Å²) in [6, 6.07) is 4.61. The molecule has 1 aromatic carbocycles. The van der Waals surface area contributed by atoms with Crippen LogP contribution >= 0.6 is 11.8 Å². The van der Waals surface area contributed by atoms with Crippen molar-refractivity contribution in [1.29, 1.82) is 0 Å². The molecule has 0 fully saturated rings. The Balaban J connectivity index is 1.83. The maximum absolute atomic E-state index is 4.62. The first-order valence-corrected chi connectivity index (χ1v) is 11.2. The second-order valence-electron chi connectivity index (χ2n) is 7.11. The Bertz CT molecular complexity index is 777. The molecule has 0 aromatic heterocycles. The van der Waals surface area contributed by atoms with Gasteiger partial charge in [0.15, 0.2) is 5.96 Å². The predicted octanol–water partition coefficient (Wildman–Crippen LogP) is 4.56. The fraction of sp³-hybridized carbons (Fsp3) is 0.435. The molecule has 0 saturated heterocycles. The van der Waals surface area contributed by atoms with Crippen LogP contribution in [0.1, 0.15) is 42.0 Å². The van der Waals surface area contributed by atoms with Crippen molar-refractivity contribution in [2.45, 2.75) is 46.6 Å². The molecular formula is C23H34N4S. The first kappa shape index (κ1) is 22.3. The Kier molecular flexibility index (Phi) is 8.87. The van der Waals surface area contributed by atoms with E-state index in [1.54, 1.807) is 11.8 Å². The van der Waals surface area contributed by atoms with Crippen molar-refractivity contribution in [3.05, 3.63) is 69.9 Å². The third kappa shape index (κ3) is 6.01. The average Bonchev–Trinajstić information content (AvgIpc) is 2.66. The van der Waals surface area contributed by atoms with Gasteiger partial charge in [0, 0.05) is 18.8 Å². The Morgan fingerprint density at radius 3 is 2.71 bits per heavy atom. The monoisotopic (exact) mass is 398 g/mol. The molecule has 1 aromatic rings. The number of aryl methyl sites for hydroxylation is 2. The number of hydrogen-bond donors (Lipinski definition) is 3. The highest BCUT2D eigenvalue weighted by molar-refractivity contribution is 8.02. The van der Waals surface area contributed by atoms with E-state index in [2.05, 4.69) is 67.0 Å². The lowest BCUT2D eigenvalue weighted by atomic mass is 9.95. The second-order valence-corrected chi connectivity index (χ2v) is 7.93. The van der Waals surface area contributed by atoms with Gasteiger partial charge in [0.1, 0.15) is 0 Å². The number of guanidine groups is 1. The van der Waals surface area contributed by atoms with E-state index in [1.807, 2.05) is 12.3 Å². The smallest absolute Gasteiger partial charge is 0.200 e. The van der Waals surface area contributed by atoms with E-state index in [4.69, 9.17) is 0 Å². The van der Waals surface area contributed by atoms with Gasteiger partial charge in [-0.3, -0.25) is 4.99 Å². The molecule has 4 nitrogen and oxygen atoms in total. The quantitative estimate of drug-likeness (QED) is 0.506. The third-order valence-electron chi connectivity index (χ3n) is 4.76. The summed E-state index contributed by atoms with van der Waals surface area (Å²) < 4.78 is 0. The van der Waals surface area contributed by atoms with E-state index in [0.29, 0.717) is 0 Å². The number of rotatable bonds is 10. The summed E-state index contributed by atoms with van der Waals surface area (Å²) in [6.07, 6.45) is 7.15. The molecule has 0 atom stereocenters. The Hall–Kier alpha value is -1.98. The molecule has 5 heteroatoms. The van der Waals surface area contributed by atoms with Gasteiger partial charge >= 0.3 is 0 Å². The highest BCUT2D eigenvalue weighted by Gasteiger charge is 2.16. The van der Waals surface area contributed by atoms with Crippen molar-refractivity contribution >= 4 is 17.7 Å². The summed E-state index contributed by atoms with van der Waals surface area (Å²) in [6.45, 7) is 17.2. The van der Waals surface area contributed by atoms with E-state index in [0.717, 1.165) is 54.7 Å². The Morgan fingerprint density at radius 1 is 1.25 bits per heavy atom. The van der Waals surface area contributed by atoms with E-state index in [9.17, 15) is 0 Å². The van der Waals surface area contributed by atoms with Crippen LogP contribution in [-0.4, -0.2) is 25.3 Å². The van der Waals surface area contributed by atoms with Crippen LogP contribution in [0, 0.1) is 13.8 Å². The van der Waals surface area contributed by atoms with E-state index < -0.39 is 0 Å². The highest BCUT2D eigenvalue weighted by Crippen LogP contribution is 2.24. The third-order valence-corrected chi connectivity index (χ3v) is 5.63. The SMILES string of the molecule is C=CC1=C(SC)C(=C)NC(=NCCCNCc2cc(C)cc(C)c2CCC)N1. The van der Waals surface area contributed by atoms with Crippen LogP contribution < -0.4 is 16.0 Å². The molecule has 0 radical (unpaired) electrons. The fourth-order valence-corrected chi connectivity index (χ4v) is 4.15. The molecule has 0 unspecified atom stereocenters.